The van der Waals surface area contributed by atoms with Crippen LogP contribution in [-0.2, 0) is 9.53 Å². The Balaban J connectivity index is 1.88. The zero-order valence-corrected chi connectivity index (χ0v) is 15.7. The number of nitrogens with zero attached hydrogens (tertiary/aromatic N) is 1. The quantitative estimate of drug-likeness (QED) is 0.446. The van der Waals surface area contributed by atoms with E-state index in [0.29, 0.717) is 5.69 Å². The molecule has 0 bridgehead atoms. The molecule has 0 unspecified atom stereocenters. The molecule has 0 heterocycles. The highest BCUT2D eigenvalue weighted by atomic mass is 35.5. The molecule has 2 aromatic rings. The maximum Gasteiger partial charge on any atom is 0.340 e. The van der Waals surface area contributed by atoms with Crippen molar-refractivity contribution < 1.29 is 24.0 Å². The van der Waals surface area contributed by atoms with Gasteiger partial charge < -0.3 is 10.1 Å². The van der Waals surface area contributed by atoms with E-state index >= 15 is 0 Å². The van der Waals surface area contributed by atoms with Crippen LogP contribution in [0.2, 0.25) is 5.02 Å². The molecule has 0 saturated heterocycles. The molecular formula is C18H16ClN3O6. The normalized spacial score (nSPS) is 10.1. The molecule has 0 fully saturated rings. The molecule has 2 N–H and O–H groups in total. The van der Waals surface area contributed by atoms with E-state index in [2.05, 4.69) is 5.32 Å². The van der Waals surface area contributed by atoms with Crippen LogP contribution in [-0.4, -0.2) is 29.4 Å². The molecule has 28 heavy (non-hydrogen) atoms. The van der Waals surface area contributed by atoms with Crippen molar-refractivity contribution in [2.24, 2.45) is 0 Å². The number of urea groups is 1. The first-order valence-corrected chi connectivity index (χ1v) is 8.34. The molecule has 2 rings (SSSR count). The van der Waals surface area contributed by atoms with Gasteiger partial charge in [0.1, 0.15) is 0 Å². The van der Waals surface area contributed by atoms with Crippen molar-refractivity contribution in [3.63, 3.8) is 0 Å². The number of nitro groups is 1. The summed E-state index contributed by atoms with van der Waals surface area (Å²) in [5, 5.41) is 15.0. The predicted octanol–water partition coefficient (Wildman–Crippen LogP) is 3.37. The fourth-order valence-electron chi connectivity index (χ4n) is 2.26. The van der Waals surface area contributed by atoms with Gasteiger partial charge >= 0.3 is 12.0 Å². The summed E-state index contributed by atoms with van der Waals surface area (Å²) in [6.45, 7) is 2.98. The number of hydrogen-bond donors (Lipinski definition) is 2. The molecule has 0 aromatic heterocycles. The van der Waals surface area contributed by atoms with E-state index in [9.17, 15) is 24.5 Å². The number of anilines is 1. The Kier molecular flexibility index (Phi) is 6.67. The SMILES string of the molecule is Cc1ccc(NC(=O)NC(=O)COC(=O)c2ccc([N+](=O)[O-])cc2Cl)c(C)c1. The van der Waals surface area contributed by atoms with Crippen molar-refractivity contribution in [3.8, 4) is 0 Å². The van der Waals surface area contributed by atoms with Crippen LogP contribution in [0, 0.1) is 24.0 Å². The van der Waals surface area contributed by atoms with Gasteiger partial charge in [0, 0.05) is 17.8 Å². The van der Waals surface area contributed by atoms with Crippen molar-refractivity contribution in [1.29, 1.82) is 0 Å². The predicted molar refractivity (Wildman–Crippen MR) is 101 cm³/mol. The first-order valence-electron chi connectivity index (χ1n) is 7.96. The molecule has 0 radical (unpaired) electrons. The number of amides is 3. The first-order chi connectivity index (χ1) is 13.2. The second-order valence-electron chi connectivity index (χ2n) is 5.82. The van der Waals surface area contributed by atoms with Crippen LogP contribution in [0.5, 0.6) is 0 Å². The van der Waals surface area contributed by atoms with Gasteiger partial charge in [-0.05, 0) is 31.5 Å². The van der Waals surface area contributed by atoms with E-state index in [1.807, 2.05) is 18.3 Å². The zero-order valence-electron chi connectivity index (χ0n) is 14.9. The minimum Gasteiger partial charge on any atom is -0.452 e. The highest BCUT2D eigenvalue weighted by Gasteiger charge is 2.18. The number of aryl methyl sites for hydroxylation is 2. The number of carbonyl (C=O) groups excluding carboxylic acids is 3. The third kappa shape index (κ3) is 5.52. The molecule has 2 aromatic carbocycles. The van der Waals surface area contributed by atoms with Crippen LogP contribution in [0.25, 0.3) is 0 Å². The van der Waals surface area contributed by atoms with E-state index < -0.39 is 29.4 Å². The number of carbonyl (C=O) groups is 3. The highest BCUT2D eigenvalue weighted by molar-refractivity contribution is 6.33. The van der Waals surface area contributed by atoms with E-state index in [1.165, 1.54) is 0 Å². The fraction of sp³-hybridized carbons (Fsp3) is 0.167. The Morgan fingerprint density at radius 1 is 1.14 bits per heavy atom. The molecule has 0 spiro atoms. The molecule has 0 atom stereocenters. The lowest BCUT2D eigenvalue weighted by Crippen LogP contribution is -2.37. The molecule has 0 saturated carbocycles. The maximum absolute atomic E-state index is 11.9. The van der Waals surface area contributed by atoms with Crippen molar-refractivity contribution in [2.45, 2.75) is 13.8 Å². The second-order valence-corrected chi connectivity index (χ2v) is 6.23. The molecule has 146 valence electrons. The van der Waals surface area contributed by atoms with Crippen LogP contribution in [0.1, 0.15) is 21.5 Å². The molecule has 0 aliphatic heterocycles. The maximum atomic E-state index is 11.9. The summed E-state index contributed by atoms with van der Waals surface area (Å²) < 4.78 is 4.78. The average molecular weight is 406 g/mol. The van der Waals surface area contributed by atoms with Crippen molar-refractivity contribution >= 4 is 40.9 Å². The highest BCUT2D eigenvalue weighted by Crippen LogP contribution is 2.23. The molecule has 0 aliphatic rings. The Morgan fingerprint density at radius 3 is 2.46 bits per heavy atom. The summed E-state index contributed by atoms with van der Waals surface area (Å²) in [5.74, 6) is -1.81. The van der Waals surface area contributed by atoms with Crippen LogP contribution >= 0.6 is 11.6 Å². The van der Waals surface area contributed by atoms with Crippen LogP contribution < -0.4 is 10.6 Å². The van der Waals surface area contributed by atoms with E-state index in [0.717, 1.165) is 29.3 Å². The van der Waals surface area contributed by atoms with Gasteiger partial charge in [-0.3, -0.25) is 20.2 Å². The second kappa shape index (κ2) is 8.96. The molecular weight excluding hydrogens is 390 g/mol. The Bertz CT molecular complexity index is 960. The number of esters is 1. The summed E-state index contributed by atoms with van der Waals surface area (Å²) in [6, 6.07) is 7.79. The minimum absolute atomic E-state index is 0.139. The van der Waals surface area contributed by atoms with Crippen LogP contribution in [0.3, 0.4) is 0 Å². The topological polar surface area (TPSA) is 128 Å². The van der Waals surface area contributed by atoms with Crippen molar-refractivity contribution in [3.05, 3.63) is 68.2 Å². The van der Waals surface area contributed by atoms with Gasteiger partial charge in [0.2, 0.25) is 0 Å². The van der Waals surface area contributed by atoms with Gasteiger partial charge in [0.15, 0.2) is 6.61 Å². The minimum atomic E-state index is -0.954. The fourth-order valence-corrected chi connectivity index (χ4v) is 2.51. The number of rotatable bonds is 5. The van der Waals surface area contributed by atoms with Crippen LogP contribution in [0.4, 0.5) is 16.2 Å². The van der Waals surface area contributed by atoms with Crippen molar-refractivity contribution in [2.75, 3.05) is 11.9 Å². The summed E-state index contributed by atoms with van der Waals surface area (Å²) in [5.41, 5.74) is 1.95. The third-order valence-electron chi connectivity index (χ3n) is 3.60. The zero-order chi connectivity index (χ0) is 20.8. The Morgan fingerprint density at radius 2 is 1.86 bits per heavy atom. The van der Waals surface area contributed by atoms with E-state index in [4.69, 9.17) is 16.3 Å². The number of nitro benzene ring substituents is 1. The lowest BCUT2D eigenvalue weighted by Gasteiger charge is -2.10. The lowest BCUT2D eigenvalue weighted by atomic mass is 10.1. The number of non-ortho nitro benzene ring substituents is 1. The molecule has 0 aliphatic carbocycles. The standard InChI is InChI=1S/C18H16ClN3O6/c1-10-3-6-15(11(2)7-10)20-18(25)21-16(23)9-28-17(24)13-5-4-12(22(26)27)8-14(13)19/h3-8H,9H2,1-2H3,(H2,20,21,23,25). The third-order valence-corrected chi connectivity index (χ3v) is 3.91. The monoisotopic (exact) mass is 405 g/mol. The Hall–Kier alpha value is -3.46. The number of halogens is 1. The van der Waals surface area contributed by atoms with Gasteiger partial charge in [-0.2, -0.15) is 0 Å². The van der Waals surface area contributed by atoms with Gasteiger partial charge in [0.25, 0.3) is 11.6 Å². The summed E-state index contributed by atoms with van der Waals surface area (Å²) in [4.78, 5) is 45.6. The number of benzene rings is 2. The molecule has 9 nitrogen and oxygen atoms in total. The number of hydrogen-bond acceptors (Lipinski definition) is 6. The smallest absolute Gasteiger partial charge is 0.340 e. The van der Waals surface area contributed by atoms with Gasteiger partial charge in [0.05, 0.1) is 15.5 Å². The summed E-state index contributed by atoms with van der Waals surface area (Å²) in [7, 11) is 0. The average Bonchev–Trinajstić information content (AvgIpc) is 2.61. The molecule has 3 amide bonds. The Labute approximate surface area is 164 Å². The van der Waals surface area contributed by atoms with Gasteiger partial charge in [-0.15, -0.1) is 0 Å². The summed E-state index contributed by atoms with van der Waals surface area (Å²) >= 11 is 5.81. The van der Waals surface area contributed by atoms with Gasteiger partial charge in [-0.1, -0.05) is 29.3 Å². The van der Waals surface area contributed by atoms with Crippen LogP contribution in [0.15, 0.2) is 36.4 Å². The van der Waals surface area contributed by atoms with E-state index in [-0.39, 0.29) is 16.3 Å². The van der Waals surface area contributed by atoms with Gasteiger partial charge in [-0.25, -0.2) is 9.59 Å². The first kappa shape index (κ1) is 20.8. The summed E-state index contributed by atoms with van der Waals surface area (Å²) in [6.07, 6.45) is 0. The number of nitrogens with one attached hydrogen (secondary N) is 2. The largest absolute Gasteiger partial charge is 0.452 e. The van der Waals surface area contributed by atoms with E-state index in [1.54, 1.807) is 19.1 Å². The van der Waals surface area contributed by atoms with Crippen molar-refractivity contribution in [1.82, 2.24) is 5.32 Å². The lowest BCUT2D eigenvalue weighted by molar-refractivity contribution is -0.384. The number of imide groups is 1. The molecule has 10 heteroatoms. The number of ether oxygens (including phenoxy) is 1.